The van der Waals surface area contributed by atoms with E-state index in [-0.39, 0.29) is 17.1 Å². The molecule has 0 aliphatic rings. The molecule has 0 saturated carbocycles. The van der Waals surface area contributed by atoms with Gasteiger partial charge in [0.05, 0.1) is 0 Å². The fraction of sp³-hybridized carbons (Fsp3) is 0. The fourth-order valence-corrected chi connectivity index (χ4v) is 0.215. The second-order valence-corrected chi connectivity index (χ2v) is 0.871. The van der Waals surface area contributed by atoms with Crippen LogP contribution in [0.15, 0.2) is 6.33 Å². The minimum absolute atomic E-state index is 0. The van der Waals surface area contributed by atoms with Gasteiger partial charge < -0.3 is 5.73 Å². The van der Waals surface area contributed by atoms with Crippen molar-refractivity contribution in [2.75, 3.05) is 5.73 Å². The Balaban J connectivity index is 0.000000360. The SMILES string of the molecule is Nc1ncn[nH]1.[Cu]. The molecule has 0 aliphatic carbocycles. The van der Waals surface area contributed by atoms with Crippen LogP contribution in [0.4, 0.5) is 5.95 Å². The molecule has 0 aliphatic heterocycles. The molecule has 0 atom stereocenters. The van der Waals surface area contributed by atoms with Crippen LogP contribution >= 0.6 is 0 Å². The van der Waals surface area contributed by atoms with E-state index in [4.69, 9.17) is 5.73 Å². The van der Waals surface area contributed by atoms with Gasteiger partial charge in [0.15, 0.2) is 0 Å². The number of H-pyrrole nitrogens is 1. The molecule has 0 fully saturated rings. The molecular formula is C2H4CuN4. The zero-order valence-electron chi connectivity index (χ0n) is 3.35. The molecule has 43 valence electrons. The van der Waals surface area contributed by atoms with Crippen LogP contribution < -0.4 is 5.73 Å². The van der Waals surface area contributed by atoms with Gasteiger partial charge in [0.2, 0.25) is 5.95 Å². The third kappa shape index (κ3) is 1.57. The summed E-state index contributed by atoms with van der Waals surface area (Å²) in [6.07, 6.45) is 1.36. The van der Waals surface area contributed by atoms with Gasteiger partial charge in [-0.3, -0.25) is 0 Å². The number of nitrogens with one attached hydrogen (secondary N) is 1. The van der Waals surface area contributed by atoms with E-state index in [9.17, 15) is 0 Å². The summed E-state index contributed by atoms with van der Waals surface area (Å²) >= 11 is 0. The average molecular weight is 148 g/mol. The van der Waals surface area contributed by atoms with Gasteiger partial charge >= 0.3 is 0 Å². The van der Waals surface area contributed by atoms with Crippen LogP contribution in [0, 0.1) is 0 Å². The Morgan fingerprint density at radius 3 is 2.57 bits per heavy atom. The predicted octanol–water partition coefficient (Wildman–Crippen LogP) is -0.616. The van der Waals surface area contributed by atoms with Crippen LogP contribution in [0.3, 0.4) is 0 Å². The smallest absolute Gasteiger partial charge is 0.215 e. The zero-order valence-corrected chi connectivity index (χ0v) is 4.29. The number of hydrogen-bond acceptors (Lipinski definition) is 3. The van der Waals surface area contributed by atoms with Gasteiger partial charge in [-0.15, -0.1) is 0 Å². The number of rotatable bonds is 0. The topological polar surface area (TPSA) is 67.6 Å². The molecule has 1 rings (SSSR count). The monoisotopic (exact) mass is 147 g/mol. The van der Waals surface area contributed by atoms with Crippen LogP contribution in [0.5, 0.6) is 0 Å². The third-order valence-corrected chi connectivity index (χ3v) is 0.434. The molecule has 3 N–H and O–H groups in total. The molecule has 4 nitrogen and oxygen atoms in total. The van der Waals surface area contributed by atoms with Crippen LogP contribution in [-0.4, -0.2) is 15.2 Å². The molecule has 1 heterocycles. The molecule has 1 aromatic rings. The molecule has 5 heteroatoms. The Morgan fingerprint density at radius 1 is 1.71 bits per heavy atom. The van der Waals surface area contributed by atoms with E-state index in [0.29, 0.717) is 5.95 Å². The Hall–Kier alpha value is -0.541. The summed E-state index contributed by atoms with van der Waals surface area (Å²) in [6, 6.07) is 0. The Bertz CT molecular complexity index is 113. The Labute approximate surface area is 51.0 Å². The first-order valence-electron chi connectivity index (χ1n) is 1.50. The average Bonchev–Trinajstić information content (AvgIpc) is 1.86. The first-order valence-corrected chi connectivity index (χ1v) is 1.50. The van der Waals surface area contributed by atoms with Crippen molar-refractivity contribution >= 4 is 5.95 Å². The predicted molar refractivity (Wildman–Crippen MR) is 20.8 cm³/mol. The van der Waals surface area contributed by atoms with Gasteiger partial charge in [0.1, 0.15) is 6.33 Å². The summed E-state index contributed by atoms with van der Waals surface area (Å²) in [5.74, 6) is 0.356. The van der Waals surface area contributed by atoms with Gasteiger partial charge in [-0.1, -0.05) is 0 Å². The largest absolute Gasteiger partial charge is 0.368 e. The maximum Gasteiger partial charge on any atom is 0.215 e. The van der Waals surface area contributed by atoms with Crippen molar-refractivity contribution in [1.82, 2.24) is 15.2 Å². The van der Waals surface area contributed by atoms with Gasteiger partial charge in [-0.25, -0.2) is 10.1 Å². The normalized spacial score (nSPS) is 7.43. The van der Waals surface area contributed by atoms with Crippen LogP contribution in [0.1, 0.15) is 0 Å². The molecular weight excluding hydrogens is 144 g/mol. The quantitative estimate of drug-likeness (QED) is 0.481. The number of hydrogen-bond donors (Lipinski definition) is 2. The summed E-state index contributed by atoms with van der Waals surface area (Å²) < 4.78 is 0. The Morgan fingerprint density at radius 2 is 2.43 bits per heavy atom. The van der Waals surface area contributed by atoms with E-state index < -0.39 is 0 Å². The molecule has 0 unspecified atom stereocenters. The van der Waals surface area contributed by atoms with Crippen molar-refractivity contribution in [3.8, 4) is 0 Å². The molecule has 0 aromatic carbocycles. The number of aromatic amines is 1. The second-order valence-electron chi connectivity index (χ2n) is 0.871. The summed E-state index contributed by atoms with van der Waals surface area (Å²) in [5, 5.41) is 5.88. The molecule has 0 saturated heterocycles. The number of nitrogens with two attached hydrogens (primary N) is 1. The number of nitrogens with zero attached hydrogens (tertiary/aromatic N) is 2. The first kappa shape index (κ1) is 6.46. The van der Waals surface area contributed by atoms with Crippen molar-refractivity contribution in [2.45, 2.75) is 0 Å². The number of aromatic nitrogens is 3. The van der Waals surface area contributed by atoms with Crippen molar-refractivity contribution in [3.63, 3.8) is 0 Å². The molecule has 0 bridgehead atoms. The molecule has 7 heavy (non-hydrogen) atoms. The molecule has 0 spiro atoms. The van der Waals surface area contributed by atoms with E-state index in [1.807, 2.05) is 0 Å². The number of anilines is 1. The van der Waals surface area contributed by atoms with Crippen molar-refractivity contribution in [3.05, 3.63) is 6.33 Å². The van der Waals surface area contributed by atoms with E-state index in [2.05, 4.69) is 15.2 Å². The van der Waals surface area contributed by atoms with E-state index >= 15 is 0 Å². The zero-order chi connectivity index (χ0) is 4.41. The summed E-state index contributed by atoms with van der Waals surface area (Å²) in [7, 11) is 0. The van der Waals surface area contributed by atoms with Gasteiger partial charge in [-0.2, -0.15) is 5.10 Å². The van der Waals surface area contributed by atoms with Gasteiger partial charge in [0, 0.05) is 17.1 Å². The molecule has 1 radical (unpaired) electrons. The molecule has 1 aromatic heterocycles. The van der Waals surface area contributed by atoms with Crippen LogP contribution in [-0.2, 0) is 17.1 Å². The maximum absolute atomic E-state index is 5.05. The van der Waals surface area contributed by atoms with Crippen molar-refractivity contribution < 1.29 is 17.1 Å². The third-order valence-electron chi connectivity index (χ3n) is 0.434. The van der Waals surface area contributed by atoms with Crippen molar-refractivity contribution in [2.24, 2.45) is 0 Å². The van der Waals surface area contributed by atoms with Crippen molar-refractivity contribution in [1.29, 1.82) is 0 Å². The minimum atomic E-state index is 0. The van der Waals surface area contributed by atoms with Crippen LogP contribution in [0.2, 0.25) is 0 Å². The standard InChI is InChI=1S/C2H4N4.Cu/c3-2-4-1-5-6-2;/h1H,(H3,3,4,5,6);. The number of nitrogen functional groups attached to an aromatic ring is 1. The fourth-order valence-electron chi connectivity index (χ4n) is 0.215. The first-order chi connectivity index (χ1) is 2.89. The summed E-state index contributed by atoms with van der Waals surface area (Å²) in [4.78, 5) is 3.53. The minimum Gasteiger partial charge on any atom is -0.368 e. The summed E-state index contributed by atoms with van der Waals surface area (Å²) in [6.45, 7) is 0. The summed E-state index contributed by atoms with van der Waals surface area (Å²) in [5.41, 5.74) is 5.05. The van der Waals surface area contributed by atoms with E-state index in [0.717, 1.165) is 0 Å². The second kappa shape index (κ2) is 2.60. The van der Waals surface area contributed by atoms with Crippen LogP contribution in [0.25, 0.3) is 0 Å². The molecule has 0 amide bonds. The van der Waals surface area contributed by atoms with E-state index in [1.54, 1.807) is 0 Å². The Kier molecular flexibility index (Phi) is 2.40. The van der Waals surface area contributed by atoms with Gasteiger partial charge in [-0.05, 0) is 0 Å². The van der Waals surface area contributed by atoms with E-state index in [1.165, 1.54) is 6.33 Å². The maximum atomic E-state index is 5.05. The van der Waals surface area contributed by atoms with Gasteiger partial charge in [0.25, 0.3) is 0 Å².